The molecule has 0 unspecified atom stereocenters. The number of rotatable bonds is 4. The number of nitrogens with one attached hydrogen (secondary N) is 1. The molecule has 0 fully saturated rings. The topological polar surface area (TPSA) is 24.9 Å². The fourth-order valence-electron chi connectivity index (χ4n) is 1.47. The van der Waals surface area contributed by atoms with E-state index < -0.39 is 6.43 Å². The summed E-state index contributed by atoms with van der Waals surface area (Å²) in [7, 11) is 0. The molecule has 0 saturated carbocycles. The van der Waals surface area contributed by atoms with Crippen LogP contribution in [0.2, 0.25) is 0 Å². The standard InChI is InChI=1S/C12H12F2N2S/c1-2-15-12-16-7-10(17-12)8-4-3-5-9(6-8)11(13)14/h3-7,11H,2H2,1H3,(H,15,16). The predicted molar refractivity (Wildman–Crippen MR) is 66.7 cm³/mol. The smallest absolute Gasteiger partial charge is 0.263 e. The number of benzene rings is 1. The zero-order valence-corrected chi connectivity index (χ0v) is 10.1. The monoisotopic (exact) mass is 254 g/mol. The van der Waals surface area contributed by atoms with Crippen molar-refractivity contribution in [1.82, 2.24) is 4.98 Å². The van der Waals surface area contributed by atoms with E-state index in [-0.39, 0.29) is 5.56 Å². The lowest BCUT2D eigenvalue weighted by Crippen LogP contribution is -1.94. The minimum Gasteiger partial charge on any atom is -0.362 e. The van der Waals surface area contributed by atoms with Crippen LogP contribution in [-0.2, 0) is 0 Å². The lowest BCUT2D eigenvalue weighted by molar-refractivity contribution is 0.151. The van der Waals surface area contributed by atoms with E-state index >= 15 is 0 Å². The van der Waals surface area contributed by atoms with Crippen molar-refractivity contribution in [1.29, 1.82) is 0 Å². The van der Waals surface area contributed by atoms with Crippen molar-refractivity contribution in [3.8, 4) is 10.4 Å². The number of hydrogen-bond donors (Lipinski definition) is 1. The Morgan fingerprint density at radius 2 is 2.24 bits per heavy atom. The number of alkyl halides is 2. The normalized spacial score (nSPS) is 10.8. The molecule has 2 nitrogen and oxygen atoms in total. The summed E-state index contributed by atoms with van der Waals surface area (Å²) in [6, 6.07) is 6.40. The van der Waals surface area contributed by atoms with Gasteiger partial charge in [-0.25, -0.2) is 13.8 Å². The van der Waals surface area contributed by atoms with Gasteiger partial charge in [-0.3, -0.25) is 0 Å². The molecule has 0 atom stereocenters. The average molecular weight is 254 g/mol. The average Bonchev–Trinajstić information content (AvgIpc) is 2.78. The highest BCUT2D eigenvalue weighted by Crippen LogP contribution is 2.31. The maximum absolute atomic E-state index is 12.6. The Morgan fingerprint density at radius 1 is 1.41 bits per heavy atom. The van der Waals surface area contributed by atoms with Gasteiger partial charge in [0.25, 0.3) is 6.43 Å². The summed E-state index contributed by atoms with van der Waals surface area (Å²) in [5.41, 5.74) is 0.824. The Morgan fingerprint density at radius 3 is 2.94 bits per heavy atom. The molecule has 0 aliphatic rings. The number of anilines is 1. The van der Waals surface area contributed by atoms with Crippen LogP contribution in [0.1, 0.15) is 18.9 Å². The van der Waals surface area contributed by atoms with Gasteiger partial charge in [0, 0.05) is 18.3 Å². The van der Waals surface area contributed by atoms with Gasteiger partial charge in [-0.1, -0.05) is 29.5 Å². The van der Waals surface area contributed by atoms with Crippen LogP contribution in [0.25, 0.3) is 10.4 Å². The molecule has 2 rings (SSSR count). The summed E-state index contributed by atoms with van der Waals surface area (Å²) >= 11 is 1.46. The van der Waals surface area contributed by atoms with Crippen molar-refractivity contribution >= 4 is 16.5 Å². The zero-order valence-electron chi connectivity index (χ0n) is 9.28. The van der Waals surface area contributed by atoms with Crippen molar-refractivity contribution in [3.05, 3.63) is 36.0 Å². The SMILES string of the molecule is CCNc1ncc(-c2cccc(C(F)F)c2)s1. The minimum atomic E-state index is -2.43. The van der Waals surface area contributed by atoms with E-state index in [1.54, 1.807) is 12.3 Å². The first-order chi connectivity index (χ1) is 8.20. The van der Waals surface area contributed by atoms with Crippen LogP contribution in [0.3, 0.4) is 0 Å². The molecule has 17 heavy (non-hydrogen) atoms. The van der Waals surface area contributed by atoms with Crippen LogP contribution >= 0.6 is 11.3 Å². The third kappa shape index (κ3) is 2.79. The predicted octanol–water partition coefficient (Wildman–Crippen LogP) is 4.18. The van der Waals surface area contributed by atoms with Crippen LogP contribution in [0.15, 0.2) is 30.5 Å². The largest absolute Gasteiger partial charge is 0.362 e. The molecule has 2 aromatic rings. The zero-order chi connectivity index (χ0) is 12.3. The summed E-state index contributed by atoms with van der Waals surface area (Å²) < 4.78 is 25.1. The molecule has 1 aromatic heterocycles. The Bertz CT molecular complexity index is 497. The molecule has 5 heteroatoms. The quantitative estimate of drug-likeness (QED) is 0.885. The molecule has 0 aliphatic carbocycles. The van der Waals surface area contributed by atoms with E-state index in [4.69, 9.17) is 0 Å². The van der Waals surface area contributed by atoms with Gasteiger partial charge in [0.05, 0.1) is 4.88 Å². The lowest BCUT2D eigenvalue weighted by atomic mass is 10.1. The molecule has 0 bridgehead atoms. The van der Waals surface area contributed by atoms with Gasteiger partial charge < -0.3 is 5.32 Å². The van der Waals surface area contributed by atoms with Crippen molar-refractivity contribution in [2.45, 2.75) is 13.3 Å². The first kappa shape index (κ1) is 12.0. The molecule has 90 valence electrons. The van der Waals surface area contributed by atoms with E-state index in [1.165, 1.54) is 23.5 Å². The number of aromatic nitrogens is 1. The molecule has 0 saturated heterocycles. The second-order valence-electron chi connectivity index (χ2n) is 3.49. The summed E-state index contributed by atoms with van der Waals surface area (Å²) in [6.45, 7) is 2.78. The third-order valence-corrected chi connectivity index (χ3v) is 3.26. The second-order valence-corrected chi connectivity index (χ2v) is 4.52. The Labute approximate surface area is 102 Å². The Hall–Kier alpha value is -1.49. The van der Waals surface area contributed by atoms with Crippen LogP contribution in [-0.4, -0.2) is 11.5 Å². The van der Waals surface area contributed by atoms with E-state index in [2.05, 4.69) is 10.3 Å². The third-order valence-electron chi connectivity index (χ3n) is 2.26. The van der Waals surface area contributed by atoms with Crippen LogP contribution in [0.4, 0.5) is 13.9 Å². The van der Waals surface area contributed by atoms with Gasteiger partial charge in [-0.2, -0.15) is 0 Å². The minimum absolute atomic E-state index is 0.0425. The van der Waals surface area contributed by atoms with Crippen LogP contribution in [0.5, 0.6) is 0 Å². The molecule has 1 N–H and O–H groups in total. The molecular formula is C12H12F2N2S. The molecular weight excluding hydrogens is 242 g/mol. The van der Waals surface area contributed by atoms with Gasteiger partial charge in [-0.15, -0.1) is 0 Å². The van der Waals surface area contributed by atoms with Crippen molar-refractivity contribution < 1.29 is 8.78 Å². The lowest BCUT2D eigenvalue weighted by Gasteiger charge is -2.01. The molecule has 0 radical (unpaired) electrons. The molecule has 0 amide bonds. The van der Waals surface area contributed by atoms with E-state index in [0.717, 1.165) is 22.1 Å². The van der Waals surface area contributed by atoms with Gasteiger partial charge in [-0.05, 0) is 18.6 Å². The second kappa shape index (κ2) is 5.23. The van der Waals surface area contributed by atoms with Gasteiger partial charge in [0.15, 0.2) is 5.13 Å². The number of thiazole rings is 1. The maximum Gasteiger partial charge on any atom is 0.263 e. The van der Waals surface area contributed by atoms with Crippen molar-refractivity contribution in [3.63, 3.8) is 0 Å². The molecule has 1 aromatic carbocycles. The summed E-state index contributed by atoms with van der Waals surface area (Å²) in [5, 5.41) is 3.90. The van der Waals surface area contributed by atoms with Crippen molar-refractivity contribution in [2.24, 2.45) is 0 Å². The van der Waals surface area contributed by atoms with Gasteiger partial charge in [0.1, 0.15) is 0 Å². The molecule has 0 aliphatic heterocycles. The highest BCUT2D eigenvalue weighted by molar-refractivity contribution is 7.18. The van der Waals surface area contributed by atoms with E-state index in [9.17, 15) is 8.78 Å². The highest BCUT2D eigenvalue weighted by Gasteiger charge is 2.09. The first-order valence-electron chi connectivity index (χ1n) is 5.29. The van der Waals surface area contributed by atoms with E-state index in [1.807, 2.05) is 13.0 Å². The van der Waals surface area contributed by atoms with Crippen LogP contribution < -0.4 is 5.32 Å². The number of hydrogen-bond acceptors (Lipinski definition) is 3. The van der Waals surface area contributed by atoms with Crippen molar-refractivity contribution in [2.75, 3.05) is 11.9 Å². The Balaban J connectivity index is 2.28. The fourth-order valence-corrected chi connectivity index (χ4v) is 2.35. The van der Waals surface area contributed by atoms with Gasteiger partial charge in [0.2, 0.25) is 0 Å². The maximum atomic E-state index is 12.6. The summed E-state index contributed by atoms with van der Waals surface area (Å²) in [6.07, 6.45) is -0.733. The van der Waals surface area contributed by atoms with E-state index in [0.29, 0.717) is 0 Å². The number of halogens is 2. The fraction of sp³-hybridized carbons (Fsp3) is 0.250. The summed E-state index contributed by atoms with van der Waals surface area (Å²) in [5.74, 6) is 0. The highest BCUT2D eigenvalue weighted by atomic mass is 32.1. The number of nitrogens with zero attached hydrogens (tertiary/aromatic N) is 1. The van der Waals surface area contributed by atoms with Crippen LogP contribution in [0, 0.1) is 0 Å². The van der Waals surface area contributed by atoms with Gasteiger partial charge >= 0.3 is 0 Å². The molecule has 0 spiro atoms. The summed E-state index contributed by atoms with van der Waals surface area (Å²) in [4.78, 5) is 5.07. The Kier molecular flexibility index (Phi) is 3.68. The first-order valence-corrected chi connectivity index (χ1v) is 6.10. The molecule has 1 heterocycles.